The number of carbonyl (C=O) groups excluding carboxylic acids is 1. The molecule has 70 valence electrons. The largest absolute Gasteiger partial charge is 0.348 e. The van der Waals surface area contributed by atoms with E-state index in [1.54, 1.807) is 14.1 Å². The Morgan fingerprint density at radius 2 is 2.33 bits per heavy atom. The van der Waals surface area contributed by atoms with Gasteiger partial charge in [-0.2, -0.15) is 0 Å². The Kier molecular flexibility index (Phi) is 2.67. The zero-order valence-corrected chi connectivity index (χ0v) is 7.56. The summed E-state index contributed by atoms with van der Waals surface area (Å²) in [6.45, 7) is 0.654. The Bertz CT molecular complexity index is 176. The van der Waals surface area contributed by atoms with Crippen molar-refractivity contribution in [2.45, 2.75) is 6.42 Å². The molecule has 1 N–H and O–H groups in total. The third-order valence-corrected chi connectivity index (χ3v) is 2.36. The molecule has 0 radical (unpaired) electrons. The third-order valence-electron chi connectivity index (χ3n) is 2.36. The first-order valence-corrected chi connectivity index (χ1v) is 4.11. The van der Waals surface area contributed by atoms with E-state index >= 15 is 0 Å². The summed E-state index contributed by atoms with van der Waals surface area (Å²) in [7, 11) is 3.33. The molecule has 1 fully saturated rings. The van der Waals surface area contributed by atoms with Crippen LogP contribution in [0.3, 0.4) is 0 Å². The van der Waals surface area contributed by atoms with Crippen molar-refractivity contribution in [3.05, 3.63) is 0 Å². The van der Waals surface area contributed by atoms with Gasteiger partial charge in [0.2, 0.25) is 5.91 Å². The molecule has 1 aliphatic heterocycles. The summed E-state index contributed by atoms with van der Waals surface area (Å²) in [5, 5.41) is 3.01. The highest BCUT2D eigenvalue weighted by Gasteiger charge is 2.42. The number of hydrogen-bond donors (Lipinski definition) is 1. The average molecular weight is 174 g/mol. The van der Waals surface area contributed by atoms with Crippen LogP contribution < -0.4 is 5.32 Å². The highest BCUT2D eigenvalue weighted by Crippen LogP contribution is 2.27. The van der Waals surface area contributed by atoms with Gasteiger partial charge in [0.25, 0.3) is 0 Å². The van der Waals surface area contributed by atoms with Crippen molar-refractivity contribution in [3.63, 3.8) is 0 Å². The van der Waals surface area contributed by atoms with Crippen molar-refractivity contribution in [1.82, 2.24) is 10.2 Å². The normalized spacial score (nSPS) is 28.9. The number of alkyl halides is 1. The van der Waals surface area contributed by atoms with Crippen LogP contribution in [0.2, 0.25) is 0 Å². The fourth-order valence-corrected chi connectivity index (χ4v) is 1.57. The monoisotopic (exact) mass is 174 g/mol. The highest BCUT2D eigenvalue weighted by molar-refractivity contribution is 5.83. The van der Waals surface area contributed by atoms with Gasteiger partial charge in [-0.15, -0.1) is 0 Å². The minimum atomic E-state index is -0.774. The van der Waals surface area contributed by atoms with E-state index in [0.717, 1.165) is 6.54 Å². The molecule has 4 heteroatoms. The number of carbonyl (C=O) groups is 1. The summed E-state index contributed by atoms with van der Waals surface area (Å²) in [6.07, 6.45) is 0.612. The quantitative estimate of drug-likeness (QED) is 0.640. The van der Waals surface area contributed by atoms with Gasteiger partial charge in [0.05, 0.1) is 5.41 Å². The maximum Gasteiger partial charge on any atom is 0.232 e. The van der Waals surface area contributed by atoms with Gasteiger partial charge in [0, 0.05) is 20.6 Å². The standard InChI is InChI=1S/C8H15FN2O/c1-11(2)7(12)8(5-9)3-4-10-6-8/h10H,3-6H2,1-2H3. The number of halogens is 1. The first kappa shape index (κ1) is 9.45. The molecule has 0 spiro atoms. The predicted octanol–water partition coefficient (Wildman–Crippen LogP) is 0.0238. The van der Waals surface area contributed by atoms with Gasteiger partial charge in [-0.25, -0.2) is 4.39 Å². The van der Waals surface area contributed by atoms with E-state index in [-0.39, 0.29) is 5.91 Å². The molecule has 0 aromatic rings. The molecule has 12 heavy (non-hydrogen) atoms. The summed E-state index contributed by atoms with van der Waals surface area (Å²) in [6, 6.07) is 0. The number of hydrogen-bond acceptors (Lipinski definition) is 2. The van der Waals surface area contributed by atoms with Gasteiger partial charge in [-0.05, 0) is 13.0 Å². The molecule has 1 rings (SSSR count). The lowest BCUT2D eigenvalue weighted by molar-refractivity contribution is -0.139. The van der Waals surface area contributed by atoms with Crippen molar-refractivity contribution in [2.24, 2.45) is 5.41 Å². The van der Waals surface area contributed by atoms with E-state index < -0.39 is 12.1 Å². The molecule has 0 saturated carbocycles. The fourth-order valence-electron chi connectivity index (χ4n) is 1.57. The van der Waals surface area contributed by atoms with Crippen molar-refractivity contribution in [1.29, 1.82) is 0 Å². The van der Waals surface area contributed by atoms with Crippen LogP contribution in [0.25, 0.3) is 0 Å². The summed E-state index contributed by atoms with van der Waals surface area (Å²) < 4.78 is 12.7. The summed E-state index contributed by atoms with van der Waals surface area (Å²) in [5.41, 5.74) is -0.774. The first-order valence-electron chi connectivity index (χ1n) is 4.11. The van der Waals surface area contributed by atoms with Crippen LogP contribution in [0, 0.1) is 5.41 Å². The minimum absolute atomic E-state index is 0.102. The Labute approximate surface area is 71.9 Å². The molecule has 1 atom stereocenters. The van der Waals surface area contributed by atoms with E-state index in [1.165, 1.54) is 4.90 Å². The molecule has 1 heterocycles. The van der Waals surface area contributed by atoms with E-state index in [1.807, 2.05) is 0 Å². The topological polar surface area (TPSA) is 32.3 Å². The SMILES string of the molecule is CN(C)C(=O)C1(CF)CCNC1. The Morgan fingerprint density at radius 3 is 2.67 bits per heavy atom. The van der Waals surface area contributed by atoms with E-state index in [4.69, 9.17) is 0 Å². The van der Waals surface area contributed by atoms with Crippen molar-refractivity contribution < 1.29 is 9.18 Å². The van der Waals surface area contributed by atoms with Gasteiger partial charge in [-0.1, -0.05) is 0 Å². The molecule has 1 saturated heterocycles. The Morgan fingerprint density at radius 1 is 1.67 bits per heavy atom. The molecule has 0 aromatic carbocycles. The van der Waals surface area contributed by atoms with Gasteiger partial charge in [-0.3, -0.25) is 4.79 Å². The van der Waals surface area contributed by atoms with Crippen LogP contribution in [0.4, 0.5) is 4.39 Å². The molecule has 1 unspecified atom stereocenters. The van der Waals surface area contributed by atoms with Crippen LogP contribution in [0.5, 0.6) is 0 Å². The molecule has 0 bridgehead atoms. The van der Waals surface area contributed by atoms with Crippen LogP contribution >= 0.6 is 0 Å². The third kappa shape index (κ3) is 1.43. The second kappa shape index (κ2) is 3.39. The van der Waals surface area contributed by atoms with Crippen molar-refractivity contribution >= 4 is 5.91 Å². The summed E-state index contributed by atoms with van der Waals surface area (Å²) in [5.74, 6) is -0.102. The zero-order valence-electron chi connectivity index (χ0n) is 7.56. The number of amides is 1. The lowest BCUT2D eigenvalue weighted by Gasteiger charge is -2.26. The number of nitrogens with zero attached hydrogens (tertiary/aromatic N) is 1. The lowest BCUT2D eigenvalue weighted by Crippen LogP contribution is -2.43. The van der Waals surface area contributed by atoms with Crippen LogP contribution in [0.1, 0.15) is 6.42 Å². The van der Waals surface area contributed by atoms with Gasteiger partial charge < -0.3 is 10.2 Å². The van der Waals surface area contributed by atoms with Crippen molar-refractivity contribution in [2.75, 3.05) is 33.9 Å². The molecular formula is C8H15FN2O. The smallest absolute Gasteiger partial charge is 0.232 e. The first-order chi connectivity index (χ1) is 5.62. The molecule has 0 aromatic heterocycles. The van der Waals surface area contributed by atoms with E-state index in [9.17, 15) is 9.18 Å². The molecule has 3 nitrogen and oxygen atoms in total. The summed E-state index contributed by atoms with van der Waals surface area (Å²) >= 11 is 0. The molecule has 0 aliphatic carbocycles. The second-order valence-corrected chi connectivity index (χ2v) is 3.54. The van der Waals surface area contributed by atoms with Gasteiger partial charge >= 0.3 is 0 Å². The van der Waals surface area contributed by atoms with Crippen LogP contribution in [-0.4, -0.2) is 44.7 Å². The fraction of sp³-hybridized carbons (Fsp3) is 0.875. The maximum atomic E-state index is 12.7. The maximum absolute atomic E-state index is 12.7. The van der Waals surface area contributed by atoms with E-state index in [2.05, 4.69) is 5.32 Å². The highest BCUT2D eigenvalue weighted by atomic mass is 19.1. The van der Waals surface area contributed by atoms with Crippen LogP contribution in [0.15, 0.2) is 0 Å². The number of rotatable bonds is 2. The molecular weight excluding hydrogens is 159 g/mol. The predicted molar refractivity (Wildman–Crippen MR) is 44.6 cm³/mol. The summed E-state index contributed by atoms with van der Waals surface area (Å²) in [4.78, 5) is 13.0. The number of nitrogens with one attached hydrogen (secondary N) is 1. The Balaban J connectivity index is 2.72. The van der Waals surface area contributed by atoms with Crippen molar-refractivity contribution in [3.8, 4) is 0 Å². The van der Waals surface area contributed by atoms with Crippen LogP contribution in [-0.2, 0) is 4.79 Å². The minimum Gasteiger partial charge on any atom is -0.348 e. The molecule has 1 amide bonds. The molecule has 1 aliphatic rings. The average Bonchev–Trinajstić information content (AvgIpc) is 2.52. The second-order valence-electron chi connectivity index (χ2n) is 3.54. The van der Waals surface area contributed by atoms with Gasteiger partial charge in [0.15, 0.2) is 0 Å². The zero-order chi connectivity index (χ0) is 9.19. The lowest BCUT2D eigenvalue weighted by atomic mass is 9.87. The van der Waals surface area contributed by atoms with Gasteiger partial charge in [0.1, 0.15) is 6.67 Å². The Hall–Kier alpha value is -0.640. The van der Waals surface area contributed by atoms with E-state index in [0.29, 0.717) is 13.0 Å².